The number of alkyl halides is 2. The minimum Gasteiger partial charge on any atom is -0.497 e. The van der Waals surface area contributed by atoms with Crippen molar-refractivity contribution >= 4 is 42.3 Å². The average Bonchev–Trinajstić information content (AvgIpc) is 2.74. The zero-order valence-electron chi connectivity index (χ0n) is 15.6. The molecule has 0 radical (unpaired) electrons. The number of rotatable bonds is 8. The molecule has 0 amide bonds. The first-order chi connectivity index (χ1) is 13.6. The molecule has 8 heteroatoms. The van der Waals surface area contributed by atoms with Crippen LogP contribution in [0.15, 0.2) is 60.7 Å². The van der Waals surface area contributed by atoms with E-state index in [1.54, 1.807) is 16.5 Å². The van der Waals surface area contributed by atoms with Crippen LogP contribution in [-0.2, 0) is 9.09 Å². The molecule has 28 heavy (non-hydrogen) atoms. The summed E-state index contributed by atoms with van der Waals surface area (Å²) in [7, 11) is -1.83. The molecule has 1 unspecified atom stereocenters. The number of ether oxygens (including phenoxy) is 1. The van der Waals surface area contributed by atoms with E-state index in [0.29, 0.717) is 37.2 Å². The van der Waals surface area contributed by atoms with Gasteiger partial charge < -0.3 is 9.26 Å². The summed E-state index contributed by atoms with van der Waals surface area (Å²) in [6.45, 7) is 1.25. The lowest BCUT2D eigenvalue weighted by Gasteiger charge is -2.41. The molecule has 0 aliphatic carbocycles. The number of methoxy groups -OCH3 is 1. The van der Waals surface area contributed by atoms with Crippen LogP contribution in [0.4, 0.5) is 5.69 Å². The summed E-state index contributed by atoms with van der Waals surface area (Å²) < 4.78 is 29.1. The predicted octanol–water partition coefficient (Wildman–Crippen LogP) is 5.46. The summed E-state index contributed by atoms with van der Waals surface area (Å²) in [5.41, 5.74) is 1.66. The van der Waals surface area contributed by atoms with Crippen molar-refractivity contribution in [3.05, 3.63) is 66.2 Å². The maximum Gasteiger partial charge on any atom is 0.422 e. The summed E-state index contributed by atoms with van der Waals surface area (Å²) in [4.78, 5) is 0. The minimum atomic E-state index is -3.45. The normalized spacial score (nSPS) is 19.3. The predicted molar refractivity (Wildman–Crippen MR) is 116 cm³/mol. The molecule has 0 N–H and O–H groups in total. The van der Waals surface area contributed by atoms with E-state index in [-0.39, 0.29) is 0 Å². The van der Waals surface area contributed by atoms with Crippen LogP contribution in [0.25, 0.3) is 5.76 Å². The van der Waals surface area contributed by atoms with E-state index in [0.717, 1.165) is 17.0 Å². The highest BCUT2D eigenvalue weighted by Crippen LogP contribution is 2.60. The maximum absolute atomic E-state index is 14.2. The fraction of sp³-hybridized carbons (Fsp3) is 0.300. The fourth-order valence-corrected chi connectivity index (χ4v) is 6.05. The van der Waals surface area contributed by atoms with E-state index in [1.165, 1.54) is 0 Å². The summed E-state index contributed by atoms with van der Waals surface area (Å²) in [6, 6.07) is 17.1. The molecule has 0 spiro atoms. The van der Waals surface area contributed by atoms with Gasteiger partial charge in [-0.3, -0.25) is 4.67 Å². The van der Waals surface area contributed by atoms with Crippen molar-refractivity contribution in [2.45, 2.75) is 0 Å². The Labute approximate surface area is 176 Å². The number of benzene rings is 2. The van der Waals surface area contributed by atoms with E-state index in [2.05, 4.69) is 0 Å². The van der Waals surface area contributed by atoms with Crippen molar-refractivity contribution in [1.82, 2.24) is 4.67 Å². The first kappa shape index (κ1) is 21.1. The first-order valence-corrected chi connectivity index (χ1v) is 11.6. The zero-order valence-corrected chi connectivity index (χ0v) is 18.0. The van der Waals surface area contributed by atoms with Gasteiger partial charge in [-0.2, -0.15) is 0 Å². The monoisotopic (exact) mass is 440 g/mol. The number of anilines is 1. The second kappa shape index (κ2) is 9.71. The third kappa shape index (κ3) is 4.49. The lowest BCUT2D eigenvalue weighted by Crippen LogP contribution is -2.37. The van der Waals surface area contributed by atoms with Crippen molar-refractivity contribution in [3.63, 3.8) is 0 Å². The van der Waals surface area contributed by atoms with Crippen LogP contribution in [0, 0.1) is 0 Å². The van der Waals surface area contributed by atoms with Gasteiger partial charge in [0.1, 0.15) is 11.5 Å². The van der Waals surface area contributed by atoms with Crippen molar-refractivity contribution < 1.29 is 13.8 Å². The summed E-state index contributed by atoms with van der Waals surface area (Å²) >= 11 is 12.0. The lowest BCUT2D eigenvalue weighted by atomic mass is 10.2. The number of halogens is 2. The van der Waals surface area contributed by atoms with Gasteiger partial charge in [0, 0.05) is 36.1 Å². The SMILES string of the molecule is COc1ccc(N2CC=C(c3ccccc3)OP2(=O)N(CCCl)CCCl)cc1. The van der Waals surface area contributed by atoms with Crippen LogP contribution < -0.4 is 9.41 Å². The van der Waals surface area contributed by atoms with Gasteiger partial charge in [-0.15, -0.1) is 23.2 Å². The van der Waals surface area contributed by atoms with E-state index >= 15 is 0 Å². The van der Waals surface area contributed by atoms with Crippen LogP contribution in [0.1, 0.15) is 5.56 Å². The van der Waals surface area contributed by atoms with Crippen LogP contribution >= 0.6 is 30.9 Å². The molecular weight excluding hydrogens is 418 g/mol. The van der Waals surface area contributed by atoms with Crippen LogP contribution in [0.3, 0.4) is 0 Å². The second-order valence-corrected chi connectivity index (χ2v) is 9.10. The van der Waals surface area contributed by atoms with E-state index in [1.807, 2.05) is 60.7 Å². The third-order valence-electron chi connectivity index (χ3n) is 4.44. The Morgan fingerprint density at radius 1 is 1.07 bits per heavy atom. The number of nitrogens with zero attached hydrogens (tertiary/aromatic N) is 2. The molecule has 2 aromatic rings. The zero-order chi connectivity index (χ0) is 20.0. The first-order valence-electron chi connectivity index (χ1n) is 8.97. The van der Waals surface area contributed by atoms with Crippen LogP contribution in [0.5, 0.6) is 5.75 Å². The Morgan fingerprint density at radius 2 is 1.71 bits per heavy atom. The van der Waals surface area contributed by atoms with E-state index in [9.17, 15) is 4.57 Å². The molecule has 0 aromatic heterocycles. The highest BCUT2D eigenvalue weighted by molar-refractivity contribution is 7.58. The van der Waals surface area contributed by atoms with Crippen molar-refractivity contribution in [2.75, 3.05) is 43.2 Å². The van der Waals surface area contributed by atoms with Gasteiger partial charge in [0.15, 0.2) is 0 Å². The minimum absolute atomic E-state index is 0.324. The van der Waals surface area contributed by atoms with Gasteiger partial charge in [0.05, 0.1) is 13.7 Å². The molecule has 3 rings (SSSR count). The molecule has 0 saturated carbocycles. The van der Waals surface area contributed by atoms with Gasteiger partial charge in [-0.1, -0.05) is 30.3 Å². The molecule has 1 atom stereocenters. The highest BCUT2D eigenvalue weighted by Gasteiger charge is 2.43. The molecule has 1 heterocycles. The Bertz CT molecular complexity index is 840. The molecule has 1 aliphatic rings. The number of hydrogen-bond donors (Lipinski definition) is 0. The highest BCUT2D eigenvalue weighted by atomic mass is 35.5. The molecule has 1 aliphatic heterocycles. The van der Waals surface area contributed by atoms with Crippen LogP contribution in [0.2, 0.25) is 0 Å². The molecular formula is C20H23Cl2N2O3P. The maximum atomic E-state index is 14.2. The van der Waals surface area contributed by atoms with Gasteiger partial charge >= 0.3 is 7.67 Å². The molecule has 150 valence electrons. The Balaban J connectivity index is 2.02. The van der Waals surface area contributed by atoms with Crippen LogP contribution in [-0.4, -0.2) is 43.2 Å². The quantitative estimate of drug-likeness (QED) is 0.402. The smallest absolute Gasteiger partial charge is 0.422 e. The standard InChI is InChI=1S/C20H23Cl2N2O3P/c1-26-19-9-7-18(8-10-19)24-14-11-20(17-5-3-2-4-6-17)27-28(24,25)23(15-12-21)16-13-22/h2-11H,12-16H2,1H3. The lowest BCUT2D eigenvalue weighted by molar-refractivity contribution is 0.350. The fourth-order valence-electron chi connectivity index (χ4n) is 3.04. The molecule has 2 aromatic carbocycles. The van der Waals surface area contributed by atoms with Gasteiger partial charge in [-0.05, 0) is 30.3 Å². The topological polar surface area (TPSA) is 42.0 Å². The Morgan fingerprint density at radius 3 is 2.29 bits per heavy atom. The van der Waals surface area contributed by atoms with Crippen molar-refractivity contribution in [1.29, 1.82) is 0 Å². The molecule has 0 bridgehead atoms. The number of hydrogen-bond acceptors (Lipinski definition) is 3. The average molecular weight is 441 g/mol. The molecule has 5 nitrogen and oxygen atoms in total. The Kier molecular flexibility index (Phi) is 7.30. The largest absolute Gasteiger partial charge is 0.497 e. The molecule has 0 fully saturated rings. The van der Waals surface area contributed by atoms with Gasteiger partial charge in [0.25, 0.3) is 0 Å². The van der Waals surface area contributed by atoms with E-state index in [4.69, 9.17) is 32.5 Å². The van der Waals surface area contributed by atoms with E-state index < -0.39 is 7.67 Å². The second-order valence-electron chi connectivity index (χ2n) is 6.13. The summed E-state index contributed by atoms with van der Waals surface area (Å²) in [5.74, 6) is 1.98. The van der Waals surface area contributed by atoms with Gasteiger partial charge in [-0.25, -0.2) is 9.24 Å². The van der Waals surface area contributed by atoms with Crippen molar-refractivity contribution in [2.24, 2.45) is 0 Å². The third-order valence-corrected chi connectivity index (χ3v) is 7.34. The Hall–Kier alpha value is -1.65. The van der Waals surface area contributed by atoms with Crippen molar-refractivity contribution in [3.8, 4) is 5.75 Å². The van der Waals surface area contributed by atoms with Gasteiger partial charge in [0.2, 0.25) is 0 Å². The summed E-state index contributed by atoms with van der Waals surface area (Å²) in [6.07, 6.45) is 1.94. The summed E-state index contributed by atoms with van der Waals surface area (Å²) in [5, 5.41) is 0. The molecule has 0 saturated heterocycles.